The second-order valence-electron chi connectivity index (χ2n) is 6.42. The van der Waals surface area contributed by atoms with Gasteiger partial charge < -0.3 is 20.1 Å². The number of nitrogens with one attached hydrogen (secondary N) is 1. The maximum Gasteiger partial charge on any atom is 0.271 e. The fourth-order valence-corrected chi connectivity index (χ4v) is 2.96. The number of phenolic OH excluding ortho intramolecular Hbond substituents is 1. The molecule has 1 aliphatic rings. The van der Waals surface area contributed by atoms with E-state index in [0.29, 0.717) is 31.7 Å². The van der Waals surface area contributed by atoms with E-state index in [1.807, 2.05) is 0 Å². The molecule has 1 unspecified atom stereocenters. The predicted octanol–water partition coefficient (Wildman–Crippen LogP) is 1.37. The molecule has 1 atom stereocenters. The van der Waals surface area contributed by atoms with Crippen molar-refractivity contribution in [1.29, 1.82) is 0 Å². The fraction of sp³-hybridized carbons (Fsp3) is 0.368. The van der Waals surface area contributed by atoms with E-state index in [-0.39, 0.29) is 29.3 Å². The van der Waals surface area contributed by atoms with Crippen LogP contribution in [0.5, 0.6) is 11.5 Å². The Morgan fingerprint density at radius 2 is 1.93 bits per heavy atom. The van der Waals surface area contributed by atoms with Crippen LogP contribution in [0.3, 0.4) is 0 Å². The summed E-state index contributed by atoms with van der Waals surface area (Å²) in [7, 11) is 0. The lowest BCUT2D eigenvalue weighted by atomic mass is 10.0. The third-order valence-corrected chi connectivity index (χ3v) is 4.44. The molecule has 1 aliphatic heterocycles. The maximum atomic E-state index is 12.6. The lowest BCUT2D eigenvalue weighted by molar-refractivity contribution is -0.139. The van der Waals surface area contributed by atoms with Gasteiger partial charge in [0.25, 0.3) is 11.8 Å². The van der Waals surface area contributed by atoms with E-state index in [2.05, 4.69) is 15.3 Å². The monoisotopic (exact) mass is 370 g/mol. The highest BCUT2D eigenvalue weighted by atomic mass is 16.5. The molecule has 3 rings (SSSR count). The summed E-state index contributed by atoms with van der Waals surface area (Å²) in [5.74, 6) is 0.324. The van der Waals surface area contributed by atoms with E-state index in [1.54, 1.807) is 24.0 Å². The first-order chi connectivity index (χ1) is 13.0. The molecule has 27 heavy (non-hydrogen) atoms. The van der Waals surface area contributed by atoms with Gasteiger partial charge in [0.15, 0.2) is 6.10 Å². The minimum Gasteiger partial charge on any atom is -0.508 e. The lowest BCUT2D eigenvalue weighted by Gasteiger charge is -2.33. The third-order valence-electron chi connectivity index (χ3n) is 4.44. The number of aromatic hydroxyl groups is 1. The number of ether oxygens (including phenoxy) is 1. The minimum atomic E-state index is -0.625. The number of carbonyl (C=O) groups is 2. The molecule has 2 N–H and O–H groups in total. The van der Waals surface area contributed by atoms with Gasteiger partial charge in [0, 0.05) is 31.5 Å². The summed E-state index contributed by atoms with van der Waals surface area (Å²) in [6.07, 6.45) is 5.14. The van der Waals surface area contributed by atoms with Crippen molar-refractivity contribution in [2.24, 2.45) is 0 Å². The Kier molecular flexibility index (Phi) is 5.85. The van der Waals surface area contributed by atoms with Gasteiger partial charge in [0.1, 0.15) is 17.2 Å². The van der Waals surface area contributed by atoms with Crippen LogP contribution in [0.2, 0.25) is 0 Å². The number of rotatable bonds is 5. The van der Waals surface area contributed by atoms with E-state index in [9.17, 15) is 14.7 Å². The molecule has 8 heteroatoms. The number of piperidine rings is 1. The van der Waals surface area contributed by atoms with Crippen LogP contribution in [0, 0.1) is 0 Å². The molecule has 8 nitrogen and oxygen atoms in total. The number of likely N-dealkylation sites (tertiary alicyclic amines) is 1. The second-order valence-corrected chi connectivity index (χ2v) is 6.42. The van der Waals surface area contributed by atoms with Gasteiger partial charge in [-0.25, -0.2) is 4.98 Å². The molecule has 2 heterocycles. The number of nitrogens with zero attached hydrogens (tertiary/aromatic N) is 3. The van der Waals surface area contributed by atoms with Crippen LogP contribution < -0.4 is 10.1 Å². The molecule has 1 aromatic carbocycles. The van der Waals surface area contributed by atoms with Crippen molar-refractivity contribution in [3.05, 3.63) is 48.5 Å². The highest BCUT2D eigenvalue weighted by Gasteiger charge is 2.28. The van der Waals surface area contributed by atoms with Gasteiger partial charge in [0.2, 0.25) is 0 Å². The molecule has 0 saturated carbocycles. The van der Waals surface area contributed by atoms with E-state index >= 15 is 0 Å². The Bertz CT molecular complexity index is 774. The zero-order valence-electron chi connectivity index (χ0n) is 15.0. The SMILES string of the molecule is CC(Oc1ccc(O)cc1)C(=O)N1CCC(NC(=O)c2cnccn2)CC1. The van der Waals surface area contributed by atoms with Crippen molar-refractivity contribution in [2.75, 3.05) is 13.1 Å². The molecular weight excluding hydrogens is 348 g/mol. The maximum absolute atomic E-state index is 12.6. The molecule has 0 bridgehead atoms. The number of hydrogen-bond acceptors (Lipinski definition) is 6. The van der Waals surface area contributed by atoms with Gasteiger partial charge in [-0.15, -0.1) is 0 Å². The van der Waals surface area contributed by atoms with Gasteiger partial charge in [-0.05, 0) is 44.0 Å². The van der Waals surface area contributed by atoms with E-state index in [0.717, 1.165) is 0 Å². The topological polar surface area (TPSA) is 105 Å². The molecule has 0 radical (unpaired) electrons. The molecule has 2 amide bonds. The Hall–Kier alpha value is -3.16. The van der Waals surface area contributed by atoms with Crippen LogP contribution >= 0.6 is 0 Å². The Morgan fingerprint density at radius 1 is 1.22 bits per heavy atom. The van der Waals surface area contributed by atoms with Crippen molar-refractivity contribution in [3.8, 4) is 11.5 Å². The summed E-state index contributed by atoms with van der Waals surface area (Å²) in [5, 5.41) is 12.2. The van der Waals surface area contributed by atoms with E-state index in [1.165, 1.54) is 30.7 Å². The molecule has 1 fully saturated rings. The number of aromatic nitrogens is 2. The first kappa shape index (κ1) is 18.6. The number of carbonyl (C=O) groups excluding carboxylic acids is 2. The second kappa shape index (κ2) is 8.48. The van der Waals surface area contributed by atoms with Gasteiger partial charge in [-0.2, -0.15) is 0 Å². The number of hydrogen-bond donors (Lipinski definition) is 2. The van der Waals surface area contributed by atoms with Crippen LogP contribution in [0.1, 0.15) is 30.3 Å². The van der Waals surface area contributed by atoms with Crippen molar-refractivity contribution in [1.82, 2.24) is 20.2 Å². The van der Waals surface area contributed by atoms with Crippen LogP contribution in [0.4, 0.5) is 0 Å². The van der Waals surface area contributed by atoms with E-state index in [4.69, 9.17) is 4.74 Å². The normalized spacial score (nSPS) is 15.8. The molecule has 142 valence electrons. The molecule has 0 spiro atoms. The van der Waals surface area contributed by atoms with Crippen molar-refractivity contribution in [2.45, 2.75) is 31.9 Å². The van der Waals surface area contributed by atoms with E-state index < -0.39 is 6.10 Å². The quantitative estimate of drug-likeness (QED) is 0.824. The van der Waals surface area contributed by atoms with Crippen molar-refractivity contribution >= 4 is 11.8 Å². The standard InChI is InChI=1S/C19H22N4O4/c1-13(27-16-4-2-15(24)3-5-16)19(26)23-10-6-14(7-11-23)22-18(25)17-12-20-8-9-21-17/h2-5,8-9,12-14,24H,6-7,10-11H2,1H3,(H,22,25). The van der Waals surface area contributed by atoms with Crippen molar-refractivity contribution in [3.63, 3.8) is 0 Å². The van der Waals surface area contributed by atoms with Crippen LogP contribution in [0.15, 0.2) is 42.9 Å². The Balaban J connectivity index is 1.47. The molecule has 0 aliphatic carbocycles. The van der Waals surface area contributed by atoms with Gasteiger partial charge in [0.05, 0.1) is 6.20 Å². The number of amides is 2. The Labute approximate surface area is 157 Å². The minimum absolute atomic E-state index is 0.00289. The molecule has 1 aromatic heterocycles. The van der Waals surface area contributed by atoms with Crippen LogP contribution in [0.25, 0.3) is 0 Å². The van der Waals surface area contributed by atoms with Gasteiger partial charge >= 0.3 is 0 Å². The molecule has 1 saturated heterocycles. The number of phenols is 1. The predicted molar refractivity (Wildman–Crippen MR) is 97.3 cm³/mol. The summed E-state index contributed by atoms with van der Waals surface area (Å²) in [6.45, 7) is 2.80. The smallest absolute Gasteiger partial charge is 0.271 e. The van der Waals surface area contributed by atoms with Gasteiger partial charge in [-0.1, -0.05) is 0 Å². The van der Waals surface area contributed by atoms with Crippen molar-refractivity contribution < 1.29 is 19.4 Å². The van der Waals surface area contributed by atoms with Crippen LogP contribution in [-0.4, -0.2) is 57.0 Å². The first-order valence-electron chi connectivity index (χ1n) is 8.84. The fourth-order valence-electron chi connectivity index (χ4n) is 2.96. The first-order valence-corrected chi connectivity index (χ1v) is 8.84. The zero-order valence-corrected chi connectivity index (χ0v) is 15.0. The zero-order chi connectivity index (χ0) is 19.2. The summed E-state index contributed by atoms with van der Waals surface area (Å²) in [5.41, 5.74) is 0.284. The lowest BCUT2D eigenvalue weighted by Crippen LogP contribution is -2.49. The summed E-state index contributed by atoms with van der Waals surface area (Å²) < 4.78 is 5.65. The Morgan fingerprint density at radius 3 is 2.56 bits per heavy atom. The molecule has 2 aromatic rings. The average Bonchev–Trinajstić information content (AvgIpc) is 2.70. The summed E-state index contributed by atoms with van der Waals surface area (Å²) in [4.78, 5) is 34.3. The largest absolute Gasteiger partial charge is 0.508 e. The van der Waals surface area contributed by atoms with Crippen LogP contribution in [-0.2, 0) is 4.79 Å². The third kappa shape index (κ3) is 4.93. The highest BCUT2D eigenvalue weighted by Crippen LogP contribution is 2.19. The highest BCUT2D eigenvalue weighted by molar-refractivity contribution is 5.92. The summed E-state index contributed by atoms with van der Waals surface area (Å²) >= 11 is 0. The molecular formula is C19H22N4O4. The number of benzene rings is 1. The van der Waals surface area contributed by atoms with Gasteiger partial charge in [-0.3, -0.25) is 14.6 Å². The average molecular weight is 370 g/mol. The summed E-state index contributed by atoms with van der Waals surface area (Å²) in [6, 6.07) is 6.26.